The minimum Gasteiger partial charge on any atom is -0.303 e. The summed E-state index contributed by atoms with van der Waals surface area (Å²) in [5, 5.41) is 5.98. The highest BCUT2D eigenvalue weighted by Gasteiger charge is 2.10. The molecule has 0 spiro atoms. The van der Waals surface area contributed by atoms with Gasteiger partial charge in [0.25, 0.3) is 0 Å². The second-order valence-electron chi connectivity index (χ2n) is 4.70. The average molecular weight is 206 g/mol. The Hall–Kier alpha value is -1.35. The Kier molecular flexibility index (Phi) is 3.48. The molecule has 3 heteroatoms. The van der Waals surface area contributed by atoms with Gasteiger partial charge < -0.3 is 5.01 Å². The normalized spacial score (nSPS) is 12.1. The van der Waals surface area contributed by atoms with Crippen LogP contribution >= 0.6 is 0 Å². The Labute approximate surface area is 92.2 Å². The lowest BCUT2D eigenvalue weighted by atomic mass is 10.2. The Morgan fingerprint density at radius 2 is 1.60 bits per heavy atom. The summed E-state index contributed by atoms with van der Waals surface area (Å²) < 4.78 is 0.838. The van der Waals surface area contributed by atoms with E-state index in [0.717, 1.165) is 10.0 Å². The van der Waals surface area contributed by atoms with Gasteiger partial charge in [0.1, 0.15) is 5.69 Å². The summed E-state index contributed by atoms with van der Waals surface area (Å²) in [6.45, 7) is 0. The molecule has 15 heavy (non-hydrogen) atoms. The zero-order valence-electron chi connectivity index (χ0n) is 10.2. The Morgan fingerprint density at radius 1 is 1.07 bits per heavy atom. The van der Waals surface area contributed by atoms with Crippen molar-refractivity contribution in [2.24, 2.45) is 5.10 Å². The van der Waals surface area contributed by atoms with Gasteiger partial charge in [0, 0.05) is 14.1 Å². The van der Waals surface area contributed by atoms with E-state index in [9.17, 15) is 0 Å². The van der Waals surface area contributed by atoms with Crippen LogP contribution in [0.2, 0.25) is 0 Å². The van der Waals surface area contributed by atoms with E-state index >= 15 is 0 Å². The van der Waals surface area contributed by atoms with Gasteiger partial charge in [0.05, 0.1) is 27.4 Å². The van der Waals surface area contributed by atoms with Crippen molar-refractivity contribution in [3.05, 3.63) is 29.8 Å². The summed E-state index contributed by atoms with van der Waals surface area (Å²) in [4.78, 5) is 0. The SMILES string of the molecule is CN(C)/N=C\c1ccc([N+](C)(C)C)cc1. The molecule has 1 rings (SSSR count). The van der Waals surface area contributed by atoms with Crippen LogP contribution in [-0.2, 0) is 0 Å². The highest BCUT2D eigenvalue weighted by molar-refractivity contribution is 5.79. The van der Waals surface area contributed by atoms with Crippen LogP contribution < -0.4 is 4.48 Å². The van der Waals surface area contributed by atoms with Crippen LogP contribution in [0.15, 0.2) is 29.4 Å². The number of rotatable bonds is 3. The zero-order chi connectivity index (χ0) is 11.5. The van der Waals surface area contributed by atoms with Crippen molar-refractivity contribution in [2.75, 3.05) is 35.2 Å². The van der Waals surface area contributed by atoms with Crippen LogP contribution in [0, 0.1) is 0 Å². The van der Waals surface area contributed by atoms with Crippen molar-refractivity contribution < 1.29 is 0 Å². The van der Waals surface area contributed by atoms with Crippen LogP contribution in [0.1, 0.15) is 5.56 Å². The highest BCUT2D eigenvalue weighted by atomic mass is 15.4. The molecule has 0 radical (unpaired) electrons. The molecule has 1 aromatic rings. The van der Waals surface area contributed by atoms with Crippen LogP contribution in [-0.4, -0.2) is 46.5 Å². The summed E-state index contributed by atoms with van der Waals surface area (Å²) in [5.41, 5.74) is 2.41. The van der Waals surface area contributed by atoms with E-state index < -0.39 is 0 Å². The summed E-state index contributed by atoms with van der Waals surface area (Å²) in [6, 6.07) is 8.45. The van der Waals surface area contributed by atoms with Crippen LogP contribution in [0.5, 0.6) is 0 Å². The first-order valence-electron chi connectivity index (χ1n) is 5.03. The van der Waals surface area contributed by atoms with E-state index in [2.05, 4.69) is 50.5 Å². The standard InChI is InChI=1S/C12H20N3/c1-14(2)13-10-11-6-8-12(9-7-11)15(3,4)5/h6-10H,1-5H3/q+1/b13-10-. The molecule has 0 saturated carbocycles. The Morgan fingerprint density at radius 3 is 2.00 bits per heavy atom. The maximum atomic E-state index is 4.19. The molecule has 3 nitrogen and oxygen atoms in total. The second kappa shape index (κ2) is 4.45. The summed E-state index contributed by atoms with van der Waals surface area (Å²) in [6.07, 6.45) is 1.86. The molecule has 0 fully saturated rings. The molecular weight excluding hydrogens is 186 g/mol. The van der Waals surface area contributed by atoms with Gasteiger partial charge in [0.15, 0.2) is 0 Å². The largest absolute Gasteiger partial charge is 0.303 e. The molecule has 1 aromatic carbocycles. The molecule has 0 bridgehead atoms. The molecular formula is C12H20N3+. The van der Waals surface area contributed by atoms with E-state index in [-0.39, 0.29) is 0 Å². The number of hydrogen-bond acceptors (Lipinski definition) is 2. The molecule has 0 aromatic heterocycles. The molecule has 0 saturated heterocycles. The van der Waals surface area contributed by atoms with Crippen LogP contribution in [0.4, 0.5) is 5.69 Å². The van der Waals surface area contributed by atoms with Gasteiger partial charge in [-0.3, -0.25) is 4.48 Å². The number of hydrogen-bond donors (Lipinski definition) is 0. The van der Waals surface area contributed by atoms with E-state index in [0.29, 0.717) is 0 Å². The van der Waals surface area contributed by atoms with E-state index in [1.807, 2.05) is 20.3 Å². The highest BCUT2D eigenvalue weighted by Crippen LogP contribution is 2.16. The number of quaternary nitrogens is 1. The third-order valence-corrected chi connectivity index (χ3v) is 2.11. The minimum absolute atomic E-state index is 0.838. The van der Waals surface area contributed by atoms with Gasteiger partial charge in [-0.1, -0.05) is 0 Å². The third-order valence-electron chi connectivity index (χ3n) is 2.11. The Balaban J connectivity index is 2.82. The van der Waals surface area contributed by atoms with Crippen molar-refractivity contribution in [3.8, 4) is 0 Å². The smallest absolute Gasteiger partial charge is 0.132 e. The second-order valence-corrected chi connectivity index (χ2v) is 4.70. The first-order chi connectivity index (χ1) is 6.89. The van der Waals surface area contributed by atoms with E-state index in [4.69, 9.17) is 0 Å². The van der Waals surface area contributed by atoms with Crippen molar-refractivity contribution in [3.63, 3.8) is 0 Å². The first-order valence-corrected chi connectivity index (χ1v) is 5.03. The van der Waals surface area contributed by atoms with Crippen molar-refractivity contribution in [1.82, 2.24) is 9.49 Å². The van der Waals surface area contributed by atoms with Crippen molar-refractivity contribution in [2.45, 2.75) is 0 Å². The van der Waals surface area contributed by atoms with Gasteiger partial charge in [-0.25, -0.2) is 0 Å². The Bertz CT molecular complexity index is 331. The quantitative estimate of drug-likeness (QED) is 0.418. The van der Waals surface area contributed by atoms with Gasteiger partial charge in [-0.15, -0.1) is 0 Å². The number of hydrazone groups is 1. The fourth-order valence-electron chi connectivity index (χ4n) is 1.19. The van der Waals surface area contributed by atoms with E-state index in [1.165, 1.54) is 5.69 Å². The summed E-state index contributed by atoms with van der Waals surface area (Å²) in [5.74, 6) is 0. The maximum Gasteiger partial charge on any atom is 0.132 e. The summed E-state index contributed by atoms with van der Waals surface area (Å²) >= 11 is 0. The molecule has 82 valence electrons. The van der Waals surface area contributed by atoms with Gasteiger partial charge in [0.2, 0.25) is 0 Å². The van der Waals surface area contributed by atoms with Crippen LogP contribution in [0.3, 0.4) is 0 Å². The molecule has 0 amide bonds. The predicted octanol–water partition coefficient (Wildman–Crippen LogP) is 1.78. The van der Waals surface area contributed by atoms with Crippen molar-refractivity contribution >= 4 is 11.9 Å². The minimum atomic E-state index is 0.838. The summed E-state index contributed by atoms with van der Waals surface area (Å²) in [7, 11) is 10.3. The maximum absolute atomic E-state index is 4.19. The average Bonchev–Trinajstić information content (AvgIpc) is 2.14. The zero-order valence-corrected chi connectivity index (χ0v) is 10.2. The molecule has 0 N–H and O–H groups in total. The van der Waals surface area contributed by atoms with Gasteiger partial charge in [-0.05, 0) is 29.8 Å². The number of benzene rings is 1. The third kappa shape index (κ3) is 3.72. The molecule has 0 aliphatic carbocycles. The lowest BCUT2D eigenvalue weighted by Crippen LogP contribution is -2.34. The molecule has 0 heterocycles. The van der Waals surface area contributed by atoms with Gasteiger partial charge >= 0.3 is 0 Å². The number of nitrogens with zero attached hydrogens (tertiary/aromatic N) is 3. The van der Waals surface area contributed by atoms with Gasteiger partial charge in [-0.2, -0.15) is 5.10 Å². The first kappa shape index (κ1) is 11.7. The molecule has 0 atom stereocenters. The fourth-order valence-corrected chi connectivity index (χ4v) is 1.19. The lowest BCUT2D eigenvalue weighted by molar-refractivity contribution is 0.440. The molecule has 0 aliphatic rings. The van der Waals surface area contributed by atoms with Crippen LogP contribution in [0.25, 0.3) is 0 Å². The monoisotopic (exact) mass is 206 g/mol. The lowest BCUT2D eigenvalue weighted by Gasteiger charge is -2.23. The fraction of sp³-hybridized carbons (Fsp3) is 0.417. The topological polar surface area (TPSA) is 15.6 Å². The predicted molar refractivity (Wildman–Crippen MR) is 67.3 cm³/mol. The van der Waals surface area contributed by atoms with E-state index in [1.54, 1.807) is 5.01 Å². The van der Waals surface area contributed by atoms with Crippen molar-refractivity contribution in [1.29, 1.82) is 0 Å². The molecule has 0 unspecified atom stereocenters. The molecule has 0 aliphatic heterocycles.